The molecule has 0 aliphatic heterocycles. The number of rotatable bonds is 6. The summed E-state index contributed by atoms with van der Waals surface area (Å²) < 4.78 is 11.5. The first kappa shape index (κ1) is 20.0. The number of benzene rings is 2. The van der Waals surface area contributed by atoms with Gasteiger partial charge in [-0.2, -0.15) is 0 Å². The number of carbonyl (C=O) groups is 2. The first-order valence-electron chi connectivity index (χ1n) is 8.23. The fourth-order valence-electron chi connectivity index (χ4n) is 2.40. The number of halogens is 1. The highest BCUT2D eigenvalue weighted by atomic mass is 79.9. The maximum atomic E-state index is 12.2. The van der Waals surface area contributed by atoms with Gasteiger partial charge in [-0.15, -0.1) is 0 Å². The molecule has 138 valence electrons. The largest absolute Gasteiger partial charge is 0.481 e. The van der Waals surface area contributed by atoms with E-state index in [0.29, 0.717) is 11.4 Å². The van der Waals surface area contributed by atoms with E-state index in [-0.39, 0.29) is 6.61 Å². The summed E-state index contributed by atoms with van der Waals surface area (Å²) in [5, 5.41) is 2.73. The third kappa shape index (κ3) is 5.33. The van der Waals surface area contributed by atoms with Crippen molar-refractivity contribution in [3.8, 4) is 5.75 Å². The van der Waals surface area contributed by atoms with Crippen molar-refractivity contribution in [1.82, 2.24) is 0 Å². The predicted molar refractivity (Wildman–Crippen MR) is 104 cm³/mol. The minimum absolute atomic E-state index is 0.252. The molecular weight excluding hydrogens is 398 g/mol. The fourth-order valence-corrected chi connectivity index (χ4v) is 2.99. The number of hydrogen-bond donors (Lipinski definition) is 1. The van der Waals surface area contributed by atoms with Gasteiger partial charge in [0.2, 0.25) is 0 Å². The first-order chi connectivity index (χ1) is 12.3. The topological polar surface area (TPSA) is 64.6 Å². The van der Waals surface area contributed by atoms with E-state index in [1.165, 1.54) is 6.92 Å². The van der Waals surface area contributed by atoms with Gasteiger partial charge in [0.1, 0.15) is 5.75 Å². The molecule has 1 amide bonds. The molecule has 26 heavy (non-hydrogen) atoms. The van der Waals surface area contributed by atoms with E-state index in [1.54, 1.807) is 6.07 Å². The van der Waals surface area contributed by atoms with Crippen LogP contribution in [-0.2, 0) is 14.3 Å². The van der Waals surface area contributed by atoms with E-state index in [2.05, 4.69) is 21.2 Å². The van der Waals surface area contributed by atoms with Gasteiger partial charge in [0, 0.05) is 4.47 Å². The zero-order valence-corrected chi connectivity index (χ0v) is 16.8. The molecule has 6 heteroatoms. The smallest absolute Gasteiger partial charge is 0.344 e. The van der Waals surface area contributed by atoms with Crippen molar-refractivity contribution in [2.45, 2.75) is 33.8 Å². The molecule has 2 rings (SSSR count). The number of ether oxygens (including phenoxy) is 2. The molecule has 2 aromatic rings. The molecule has 0 saturated carbocycles. The van der Waals surface area contributed by atoms with Gasteiger partial charge in [-0.1, -0.05) is 24.3 Å². The van der Waals surface area contributed by atoms with Crippen LogP contribution in [0.2, 0.25) is 0 Å². The Labute approximate surface area is 161 Å². The van der Waals surface area contributed by atoms with Crippen LogP contribution in [0.1, 0.15) is 23.6 Å². The molecule has 0 saturated heterocycles. The molecule has 2 aromatic carbocycles. The first-order valence-corrected chi connectivity index (χ1v) is 9.02. The summed E-state index contributed by atoms with van der Waals surface area (Å²) in [7, 11) is 0. The highest BCUT2D eigenvalue weighted by Gasteiger charge is 2.19. The lowest BCUT2D eigenvalue weighted by atomic mass is 10.1. The van der Waals surface area contributed by atoms with Gasteiger partial charge >= 0.3 is 5.97 Å². The monoisotopic (exact) mass is 419 g/mol. The molecule has 5 nitrogen and oxygen atoms in total. The second kappa shape index (κ2) is 8.85. The summed E-state index contributed by atoms with van der Waals surface area (Å²) in [5.41, 5.74) is 3.56. The number of anilines is 1. The number of carbonyl (C=O) groups excluding carboxylic acids is 2. The van der Waals surface area contributed by atoms with Gasteiger partial charge in [0.25, 0.3) is 5.91 Å². The summed E-state index contributed by atoms with van der Waals surface area (Å²) in [6, 6.07) is 11.3. The van der Waals surface area contributed by atoms with E-state index < -0.39 is 18.0 Å². The summed E-state index contributed by atoms with van der Waals surface area (Å²) in [6.07, 6.45) is -0.933. The van der Waals surface area contributed by atoms with Crippen molar-refractivity contribution >= 4 is 33.5 Å². The predicted octanol–water partition coefficient (Wildman–Crippen LogP) is 4.32. The maximum absolute atomic E-state index is 12.2. The van der Waals surface area contributed by atoms with Crippen molar-refractivity contribution < 1.29 is 19.1 Å². The Bertz CT molecular complexity index is 799. The second-order valence-corrected chi connectivity index (χ2v) is 6.97. The van der Waals surface area contributed by atoms with E-state index in [4.69, 9.17) is 9.47 Å². The SMILES string of the molecule is Cc1ccc(NC(=O)[C@H](C)OC(=O)COc2c(C)cccc2C)c(Br)c1. The van der Waals surface area contributed by atoms with Crippen LogP contribution in [0.25, 0.3) is 0 Å². The van der Waals surface area contributed by atoms with E-state index in [0.717, 1.165) is 21.2 Å². The molecular formula is C20H22BrNO4. The zero-order valence-electron chi connectivity index (χ0n) is 15.3. The molecule has 0 heterocycles. The van der Waals surface area contributed by atoms with Crippen LogP contribution >= 0.6 is 15.9 Å². The molecule has 0 aromatic heterocycles. The van der Waals surface area contributed by atoms with Crippen LogP contribution in [-0.4, -0.2) is 24.6 Å². The van der Waals surface area contributed by atoms with E-state index in [1.807, 2.05) is 51.1 Å². The number of hydrogen-bond acceptors (Lipinski definition) is 4. The highest BCUT2D eigenvalue weighted by Crippen LogP contribution is 2.24. The molecule has 1 atom stereocenters. The standard InChI is InChI=1S/C20H22BrNO4/c1-12-8-9-17(16(21)10-12)22-20(24)15(4)26-18(23)11-25-19-13(2)6-5-7-14(19)3/h5-10,15H,11H2,1-4H3,(H,22,24)/t15-/m0/s1. The van der Waals surface area contributed by atoms with E-state index in [9.17, 15) is 9.59 Å². The van der Waals surface area contributed by atoms with Crippen LogP contribution < -0.4 is 10.1 Å². The Hall–Kier alpha value is -2.34. The Morgan fingerprint density at radius 2 is 1.77 bits per heavy atom. The maximum Gasteiger partial charge on any atom is 0.344 e. The van der Waals surface area contributed by atoms with Crippen LogP contribution in [0.3, 0.4) is 0 Å². The van der Waals surface area contributed by atoms with Crippen molar-refractivity contribution in [3.05, 3.63) is 57.6 Å². The summed E-state index contributed by atoms with van der Waals surface area (Å²) in [6.45, 7) is 7.04. The molecule has 0 aliphatic rings. The number of para-hydroxylation sites is 1. The Kier molecular flexibility index (Phi) is 6.80. The molecule has 1 N–H and O–H groups in total. The quantitative estimate of drug-likeness (QED) is 0.707. The lowest BCUT2D eigenvalue weighted by Gasteiger charge is -2.16. The second-order valence-electron chi connectivity index (χ2n) is 6.11. The minimum Gasteiger partial charge on any atom is -0.481 e. The number of aryl methyl sites for hydroxylation is 3. The number of nitrogens with one attached hydrogen (secondary N) is 1. The third-order valence-corrected chi connectivity index (χ3v) is 4.46. The van der Waals surface area contributed by atoms with Gasteiger partial charge in [-0.3, -0.25) is 4.79 Å². The lowest BCUT2D eigenvalue weighted by molar-refractivity contribution is -0.155. The van der Waals surface area contributed by atoms with Crippen molar-refractivity contribution in [1.29, 1.82) is 0 Å². The summed E-state index contributed by atoms with van der Waals surface area (Å²) in [4.78, 5) is 24.2. The summed E-state index contributed by atoms with van der Waals surface area (Å²) >= 11 is 3.40. The van der Waals surface area contributed by atoms with Crippen LogP contribution in [0.5, 0.6) is 5.75 Å². The van der Waals surface area contributed by atoms with Crippen molar-refractivity contribution in [2.24, 2.45) is 0 Å². The molecule has 0 aliphatic carbocycles. The minimum atomic E-state index is -0.933. The average Bonchev–Trinajstić information content (AvgIpc) is 2.56. The summed E-state index contributed by atoms with van der Waals surface area (Å²) in [5.74, 6) is -0.349. The van der Waals surface area contributed by atoms with Gasteiger partial charge in [0.15, 0.2) is 12.7 Å². The normalized spacial score (nSPS) is 11.6. The molecule has 0 radical (unpaired) electrons. The third-order valence-electron chi connectivity index (χ3n) is 3.80. The van der Waals surface area contributed by atoms with Crippen molar-refractivity contribution in [2.75, 3.05) is 11.9 Å². The van der Waals surface area contributed by atoms with Gasteiger partial charge in [-0.25, -0.2) is 4.79 Å². The number of esters is 1. The Balaban J connectivity index is 1.89. The van der Waals surface area contributed by atoms with Crippen LogP contribution in [0.15, 0.2) is 40.9 Å². The van der Waals surface area contributed by atoms with Gasteiger partial charge < -0.3 is 14.8 Å². The average molecular weight is 420 g/mol. The zero-order chi connectivity index (χ0) is 19.3. The molecule has 0 unspecified atom stereocenters. The molecule has 0 bridgehead atoms. The lowest BCUT2D eigenvalue weighted by Crippen LogP contribution is -2.31. The Morgan fingerprint density at radius 3 is 2.38 bits per heavy atom. The van der Waals surface area contributed by atoms with Gasteiger partial charge in [0.05, 0.1) is 5.69 Å². The van der Waals surface area contributed by atoms with Crippen LogP contribution in [0, 0.1) is 20.8 Å². The number of amides is 1. The Morgan fingerprint density at radius 1 is 1.12 bits per heavy atom. The van der Waals surface area contributed by atoms with Gasteiger partial charge in [-0.05, 0) is 72.4 Å². The molecule has 0 fully saturated rings. The van der Waals surface area contributed by atoms with E-state index >= 15 is 0 Å². The fraction of sp³-hybridized carbons (Fsp3) is 0.300. The highest BCUT2D eigenvalue weighted by molar-refractivity contribution is 9.10. The van der Waals surface area contributed by atoms with Crippen molar-refractivity contribution in [3.63, 3.8) is 0 Å². The molecule has 0 spiro atoms. The van der Waals surface area contributed by atoms with Crippen LogP contribution in [0.4, 0.5) is 5.69 Å².